The fourth-order valence-corrected chi connectivity index (χ4v) is 3.15. The number of ether oxygens (including phenoxy) is 3. The maximum atomic E-state index is 13.4. The summed E-state index contributed by atoms with van der Waals surface area (Å²) in [6, 6.07) is 23.6. The molecule has 1 atom stereocenters. The first-order chi connectivity index (χ1) is 14.2. The molecule has 0 aromatic heterocycles. The Kier molecular flexibility index (Phi) is 5.61. The first-order valence-electron chi connectivity index (χ1n) is 9.31. The molecule has 0 aliphatic carbocycles. The summed E-state index contributed by atoms with van der Waals surface area (Å²) in [5.41, 5.74) is 0.474. The fraction of sp³-hybridized carbons (Fsp3) is 0.174. The van der Waals surface area contributed by atoms with Crippen molar-refractivity contribution in [3.63, 3.8) is 0 Å². The predicted molar refractivity (Wildman–Crippen MR) is 108 cm³/mol. The first kappa shape index (κ1) is 18.8. The van der Waals surface area contributed by atoms with Gasteiger partial charge in [-0.05, 0) is 36.4 Å². The van der Waals surface area contributed by atoms with Gasteiger partial charge in [0.15, 0.2) is 30.0 Å². The number of nitrogens with zero attached hydrogens (tertiary/aromatic N) is 1. The standard InChI is InChI=1S/C23H20FNO4/c24-14-23(26)25(15-18-16-27-21-12-6-7-13-22(21)29-18)19-10-4-5-11-20(19)28-17-8-2-1-3-9-17/h1-13,18H,14-16H2. The molecule has 1 aliphatic heterocycles. The molecular weight excluding hydrogens is 373 g/mol. The highest BCUT2D eigenvalue weighted by atomic mass is 19.1. The van der Waals surface area contributed by atoms with Gasteiger partial charge in [0.05, 0.1) is 12.2 Å². The summed E-state index contributed by atoms with van der Waals surface area (Å²) in [6.45, 7) is -0.731. The van der Waals surface area contributed by atoms with Crippen molar-refractivity contribution in [2.24, 2.45) is 0 Å². The minimum Gasteiger partial charge on any atom is -0.486 e. The third-order valence-corrected chi connectivity index (χ3v) is 4.50. The Balaban J connectivity index is 1.59. The smallest absolute Gasteiger partial charge is 0.258 e. The molecule has 29 heavy (non-hydrogen) atoms. The van der Waals surface area contributed by atoms with Gasteiger partial charge in [0, 0.05) is 0 Å². The van der Waals surface area contributed by atoms with Gasteiger partial charge in [-0.1, -0.05) is 42.5 Å². The number of fused-ring (bicyclic) bond motifs is 1. The summed E-state index contributed by atoms with van der Waals surface area (Å²) in [7, 11) is 0. The monoisotopic (exact) mass is 393 g/mol. The van der Waals surface area contributed by atoms with Crippen LogP contribution in [0.4, 0.5) is 10.1 Å². The third kappa shape index (κ3) is 4.32. The van der Waals surface area contributed by atoms with Crippen molar-refractivity contribution >= 4 is 11.6 Å². The van der Waals surface area contributed by atoms with Crippen LogP contribution in [0.5, 0.6) is 23.0 Å². The number of hydrogen-bond acceptors (Lipinski definition) is 4. The molecule has 1 unspecified atom stereocenters. The molecule has 5 nitrogen and oxygen atoms in total. The molecule has 3 aromatic carbocycles. The first-order valence-corrected chi connectivity index (χ1v) is 9.31. The molecule has 0 saturated heterocycles. The lowest BCUT2D eigenvalue weighted by Crippen LogP contribution is -2.44. The lowest BCUT2D eigenvalue weighted by molar-refractivity contribution is -0.119. The highest BCUT2D eigenvalue weighted by Gasteiger charge is 2.28. The maximum Gasteiger partial charge on any atom is 0.258 e. The molecule has 1 amide bonds. The molecular formula is C23H20FNO4. The lowest BCUT2D eigenvalue weighted by atomic mass is 10.2. The van der Waals surface area contributed by atoms with Gasteiger partial charge in [-0.3, -0.25) is 4.79 Å². The van der Waals surface area contributed by atoms with Gasteiger partial charge >= 0.3 is 0 Å². The Morgan fingerprint density at radius 1 is 0.966 bits per heavy atom. The van der Waals surface area contributed by atoms with Crippen molar-refractivity contribution in [2.45, 2.75) is 6.10 Å². The normalized spacial score (nSPS) is 14.9. The molecule has 4 rings (SSSR count). The molecule has 0 N–H and O–H groups in total. The van der Waals surface area contributed by atoms with Gasteiger partial charge in [-0.25, -0.2) is 4.39 Å². The van der Waals surface area contributed by atoms with Crippen LogP contribution in [0.15, 0.2) is 78.9 Å². The van der Waals surface area contributed by atoms with E-state index in [1.807, 2.05) is 48.5 Å². The largest absolute Gasteiger partial charge is 0.486 e. The summed E-state index contributed by atoms with van der Waals surface area (Å²) >= 11 is 0. The predicted octanol–water partition coefficient (Wildman–Crippen LogP) is 4.62. The van der Waals surface area contributed by atoms with Crippen LogP contribution >= 0.6 is 0 Å². The van der Waals surface area contributed by atoms with Crippen molar-refractivity contribution < 1.29 is 23.4 Å². The minimum atomic E-state index is -1.12. The van der Waals surface area contributed by atoms with Crippen molar-refractivity contribution in [1.82, 2.24) is 0 Å². The minimum absolute atomic E-state index is 0.131. The van der Waals surface area contributed by atoms with Crippen LogP contribution in [-0.4, -0.2) is 31.8 Å². The zero-order valence-corrected chi connectivity index (χ0v) is 15.7. The van der Waals surface area contributed by atoms with E-state index in [4.69, 9.17) is 14.2 Å². The van der Waals surface area contributed by atoms with Crippen LogP contribution in [0.1, 0.15) is 0 Å². The van der Waals surface area contributed by atoms with Crippen LogP contribution in [0, 0.1) is 0 Å². The van der Waals surface area contributed by atoms with E-state index in [2.05, 4.69) is 0 Å². The van der Waals surface area contributed by atoms with Crippen LogP contribution in [0.2, 0.25) is 0 Å². The lowest BCUT2D eigenvalue weighted by Gasteiger charge is -2.31. The SMILES string of the molecule is O=C(CF)N(CC1COc2ccccc2O1)c1ccccc1Oc1ccccc1. The maximum absolute atomic E-state index is 13.4. The zero-order valence-electron chi connectivity index (χ0n) is 15.7. The van der Waals surface area contributed by atoms with Gasteiger partial charge < -0.3 is 19.1 Å². The summed E-state index contributed by atoms with van der Waals surface area (Å²) in [5.74, 6) is 1.66. The van der Waals surface area contributed by atoms with E-state index in [1.165, 1.54) is 4.90 Å². The number of anilines is 1. The topological polar surface area (TPSA) is 48.0 Å². The van der Waals surface area contributed by atoms with E-state index in [0.717, 1.165) is 0 Å². The van der Waals surface area contributed by atoms with Crippen LogP contribution in [0.3, 0.4) is 0 Å². The van der Waals surface area contributed by atoms with Gasteiger partial charge in [0.1, 0.15) is 12.4 Å². The van der Waals surface area contributed by atoms with E-state index in [0.29, 0.717) is 28.7 Å². The number of hydrogen-bond donors (Lipinski definition) is 0. The Hall–Kier alpha value is -3.54. The van der Waals surface area contributed by atoms with E-state index >= 15 is 0 Å². The Morgan fingerprint density at radius 2 is 1.66 bits per heavy atom. The number of amides is 1. The van der Waals surface area contributed by atoms with Crippen molar-refractivity contribution in [1.29, 1.82) is 0 Å². The summed E-state index contributed by atoms with van der Waals surface area (Å²) in [5, 5.41) is 0. The number of carbonyl (C=O) groups is 1. The molecule has 1 heterocycles. The van der Waals surface area contributed by atoms with Crippen LogP contribution in [0.25, 0.3) is 0 Å². The molecule has 0 radical (unpaired) electrons. The van der Waals surface area contributed by atoms with Crippen LogP contribution in [-0.2, 0) is 4.79 Å². The van der Waals surface area contributed by atoms with Gasteiger partial charge in [-0.2, -0.15) is 0 Å². The highest BCUT2D eigenvalue weighted by molar-refractivity contribution is 5.95. The van der Waals surface area contributed by atoms with E-state index in [1.54, 1.807) is 30.3 Å². The molecule has 0 bridgehead atoms. The summed E-state index contributed by atoms with van der Waals surface area (Å²) in [4.78, 5) is 13.8. The summed E-state index contributed by atoms with van der Waals surface area (Å²) < 4.78 is 31.0. The number of para-hydroxylation sites is 5. The van der Waals surface area contributed by atoms with Crippen molar-refractivity contribution in [3.05, 3.63) is 78.9 Å². The third-order valence-electron chi connectivity index (χ3n) is 4.50. The molecule has 0 fully saturated rings. The number of halogens is 1. The quantitative estimate of drug-likeness (QED) is 0.613. The Bertz CT molecular complexity index is 979. The van der Waals surface area contributed by atoms with E-state index in [-0.39, 0.29) is 13.2 Å². The molecule has 6 heteroatoms. The molecule has 1 aliphatic rings. The fourth-order valence-electron chi connectivity index (χ4n) is 3.15. The molecule has 148 valence electrons. The van der Waals surface area contributed by atoms with Crippen molar-refractivity contribution in [2.75, 3.05) is 24.7 Å². The zero-order chi connectivity index (χ0) is 20.1. The second-order valence-corrected chi connectivity index (χ2v) is 6.52. The van der Waals surface area contributed by atoms with Gasteiger partial charge in [-0.15, -0.1) is 0 Å². The molecule has 0 saturated carbocycles. The average molecular weight is 393 g/mol. The Morgan fingerprint density at radius 3 is 2.45 bits per heavy atom. The van der Waals surface area contributed by atoms with E-state index < -0.39 is 18.7 Å². The average Bonchev–Trinajstić information content (AvgIpc) is 2.78. The van der Waals surface area contributed by atoms with Gasteiger partial charge in [0.2, 0.25) is 0 Å². The summed E-state index contributed by atoms with van der Waals surface area (Å²) in [6.07, 6.45) is -0.440. The van der Waals surface area contributed by atoms with E-state index in [9.17, 15) is 9.18 Å². The second-order valence-electron chi connectivity index (χ2n) is 6.52. The van der Waals surface area contributed by atoms with Crippen molar-refractivity contribution in [3.8, 4) is 23.0 Å². The van der Waals surface area contributed by atoms with Gasteiger partial charge in [0.25, 0.3) is 5.91 Å². The Labute approximate surface area is 168 Å². The highest BCUT2D eigenvalue weighted by Crippen LogP contribution is 2.34. The number of alkyl halides is 1. The molecule has 3 aromatic rings. The number of carbonyl (C=O) groups excluding carboxylic acids is 1. The number of rotatable bonds is 6. The number of benzene rings is 3. The second kappa shape index (κ2) is 8.65. The molecule has 0 spiro atoms. The van der Waals surface area contributed by atoms with Crippen LogP contribution < -0.4 is 19.1 Å².